The molecule has 0 fully saturated rings. The predicted octanol–water partition coefficient (Wildman–Crippen LogP) is 3.07. The first kappa shape index (κ1) is 10.8. The van der Waals surface area contributed by atoms with Crippen LogP contribution in [0.5, 0.6) is 0 Å². The Morgan fingerprint density at radius 2 is 2.00 bits per heavy atom. The standard InChI is InChI=1S/C12H23N/c1-12(2,3)8-7-11-13-9-5-4-6-10-13/h4-5H,6-11H2,1-3H3. The van der Waals surface area contributed by atoms with Gasteiger partial charge in [0.15, 0.2) is 0 Å². The monoisotopic (exact) mass is 181 g/mol. The van der Waals surface area contributed by atoms with Gasteiger partial charge in [-0.3, -0.25) is 4.90 Å². The van der Waals surface area contributed by atoms with Crippen molar-refractivity contribution in [3.8, 4) is 0 Å². The molecule has 13 heavy (non-hydrogen) atoms. The summed E-state index contributed by atoms with van der Waals surface area (Å²) in [6.45, 7) is 10.7. The van der Waals surface area contributed by atoms with Gasteiger partial charge in [-0.2, -0.15) is 0 Å². The molecule has 0 radical (unpaired) electrons. The molecule has 0 aliphatic carbocycles. The van der Waals surface area contributed by atoms with Gasteiger partial charge in [-0.05, 0) is 31.2 Å². The molecule has 0 bridgehead atoms. The quantitative estimate of drug-likeness (QED) is 0.605. The smallest absolute Gasteiger partial charge is 0.0163 e. The summed E-state index contributed by atoms with van der Waals surface area (Å²) >= 11 is 0. The van der Waals surface area contributed by atoms with Crippen LogP contribution in [0, 0.1) is 5.41 Å². The lowest BCUT2D eigenvalue weighted by Crippen LogP contribution is -2.28. The largest absolute Gasteiger partial charge is 0.299 e. The Morgan fingerprint density at radius 1 is 1.23 bits per heavy atom. The van der Waals surface area contributed by atoms with E-state index in [1.165, 1.54) is 38.9 Å². The zero-order valence-electron chi connectivity index (χ0n) is 9.34. The lowest BCUT2D eigenvalue weighted by molar-refractivity contribution is 0.265. The first-order chi connectivity index (χ1) is 6.08. The SMILES string of the molecule is CC(C)(C)CCCN1CC=CCC1. The predicted molar refractivity (Wildman–Crippen MR) is 58.9 cm³/mol. The zero-order valence-corrected chi connectivity index (χ0v) is 9.34. The van der Waals surface area contributed by atoms with Crippen molar-refractivity contribution in [2.45, 2.75) is 40.0 Å². The molecule has 0 spiro atoms. The molecule has 76 valence electrons. The molecule has 0 atom stereocenters. The molecule has 1 nitrogen and oxygen atoms in total. The highest BCUT2D eigenvalue weighted by atomic mass is 15.1. The lowest BCUT2D eigenvalue weighted by atomic mass is 9.90. The summed E-state index contributed by atoms with van der Waals surface area (Å²) in [4.78, 5) is 2.55. The normalized spacial score (nSPS) is 19.3. The van der Waals surface area contributed by atoms with Gasteiger partial charge in [0.05, 0.1) is 0 Å². The summed E-state index contributed by atoms with van der Waals surface area (Å²) < 4.78 is 0. The molecule has 1 heterocycles. The summed E-state index contributed by atoms with van der Waals surface area (Å²) in [5.41, 5.74) is 0.506. The highest BCUT2D eigenvalue weighted by molar-refractivity contribution is 4.90. The Hall–Kier alpha value is -0.300. The Balaban J connectivity index is 2.09. The second-order valence-corrected chi connectivity index (χ2v) is 5.22. The van der Waals surface area contributed by atoms with E-state index in [0.717, 1.165) is 0 Å². The molecule has 0 saturated heterocycles. The molecule has 0 aromatic rings. The van der Waals surface area contributed by atoms with Gasteiger partial charge in [0, 0.05) is 13.1 Å². The minimum Gasteiger partial charge on any atom is -0.299 e. The van der Waals surface area contributed by atoms with E-state index in [9.17, 15) is 0 Å². The van der Waals surface area contributed by atoms with E-state index in [0.29, 0.717) is 5.41 Å². The minimum absolute atomic E-state index is 0.506. The maximum atomic E-state index is 2.55. The summed E-state index contributed by atoms with van der Waals surface area (Å²) in [5, 5.41) is 0. The number of hydrogen-bond donors (Lipinski definition) is 0. The average Bonchev–Trinajstić information content (AvgIpc) is 2.04. The van der Waals surface area contributed by atoms with Crippen molar-refractivity contribution < 1.29 is 0 Å². The fraction of sp³-hybridized carbons (Fsp3) is 0.833. The molecule has 0 N–H and O–H groups in total. The van der Waals surface area contributed by atoms with Crippen LogP contribution in [0.3, 0.4) is 0 Å². The van der Waals surface area contributed by atoms with Crippen molar-refractivity contribution in [1.29, 1.82) is 0 Å². The molecule has 0 unspecified atom stereocenters. The zero-order chi connectivity index (χ0) is 9.73. The van der Waals surface area contributed by atoms with E-state index in [4.69, 9.17) is 0 Å². The highest BCUT2D eigenvalue weighted by Crippen LogP contribution is 2.20. The lowest BCUT2D eigenvalue weighted by Gasteiger charge is -2.25. The third-order valence-electron chi connectivity index (χ3n) is 2.54. The molecular weight excluding hydrogens is 158 g/mol. The molecular formula is C12H23N. The van der Waals surface area contributed by atoms with Crippen molar-refractivity contribution in [1.82, 2.24) is 4.90 Å². The fourth-order valence-corrected chi connectivity index (χ4v) is 1.73. The van der Waals surface area contributed by atoms with Gasteiger partial charge < -0.3 is 0 Å². The van der Waals surface area contributed by atoms with E-state index >= 15 is 0 Å². The fourth-order valence-electron chi connectivity index (χ4n) is 1.73. The van der Waals surface area contributed by atoms with Crippen molar-refractivity contribution in [2.75, 3.05) is 19.6 Å². The third-order valence-corrected chi connectivity index (χ3v) is 2.54. The van der Waals surface area contributed by atoms with Gasteiger partial charge in [-0.1, -0.05) is 32.9 Å². The van der Waals surface area contributed by atoms with Gasteiger partial charge in [0.25, 0.3) is 0 Å². The average molecular weight is 181 g/mol. The number of hydrogen-bond acceptors (Lipinski definition) is 1. The number of nitrogens with zero attached hydrogens (tertiary/aromatic N) is 1. The summed E-state index contributed by atoms with van der Waals surface area (Å²) in [6.07, 6.45) is 8.51. The molecule has 0 aromatic heterocycles. The maximum absolute atomic E-state index is 2.55. The topological polar surface area (TPSA) is 3.24 Å². The molecule has 1 rings (SSSR count). The second kappa shape index (κ2) is 4.80. The molecule has 1 aliphatic rings. The van der Waals surface area contributed by atoms with Crippen LogP contribution in [0.15, 0.2) is 12.2 Å². The van der Waals surface area contributed by atoms with Crippen LogP contribution >= 0.6 is 0 Å². The van der Waals surface area contributed by atoms with Gasteiger partial charge in [-0.25, -0.2) is 0 Å². The van der Waals surface area contributed by atoms with Crippen LogP contribution in [-0.2, 0) is 0 Å². The Morgan fingerprint density at radius 3 is 2.54 bits per heavy atom. The van der Waals surface area contributed by atoms with E-state index in [1.807, 2.05) is 0 Å². The summed E-state index contributed by atoms with van der Waals surface area (Å²) in [5.74, 6) is 0. The van der Waals surface area contributed by atoms with Crippen molar-refractivity contribution in [3.05, 3.63) is 12.2 Å². The van der Waals surface area contributed by atoms with E-state index in [-0.39, 0.29) is 0 Å². The van der Waals surface area contributed by atoms with E-state index in [2.05, 4.69) is 37.8 Å². The van der Waals surface area contributed by atoms with Gasteiger partial charge in [0.2, 0.25) is 0 Å². The van der Waals surface area contributed by atoms with Crippen molar-refractivity contribution in [2.24, 2.45) is 5.41 Å². The molecule has 1 heteroatoms. The first-order valence-electron chi connectivity index (χ1n) is 5.45. The molecule has 0 aromatic carbocycles. The van der Waals surface area contributed by atoms with Crippen LogP contribution < -0.4 is 0 Å². The van der Waals surface area contributed by atoms with Crippen molar-refractivity contribution >= 4 is 0 Å². The molecule has 1 aliphatic heterocycles. The number of rotatable bonds is 3. The maximum Gasteiger partial charge on any atom is 0.0163 e. The molecule has 0 saturated carbocycles. The van der Waals surface area contributed by atoms with Crippen LogP contribution in [0.2, 0.25) is 0 Å². The summed E-state index contributed by atoms with van der Waals surface area (Å²) in [7, 11) is 0. The van der Waals surface area contributed by atoms with Crippen LogP contribution in [-0.4, -0.2) is 24.5 Å². The molecule has 0 amide bonds. The third kappa shape index (κ3) is 5.09. The Labute approximate surface area is 82.8 Å². The highest BCUT2D eigenvalue weighted by Gasteiger charge is 2.11. The second-order valence-electron chi connectivity index (χ2n) is 5.22. The van der Waals surface area contributed by atoms with E-state index in [1.54, 1.807) is 0 Å². The first-order valence-corrected chi connectivity index (χ1v) is 5.45. The Kier molecular flexibility index (Phi) is 3.98. The van der Waals surface area contributed by atoms with Crippen LogP contribution in [0.25, 0.3) is 0 Å². The van der Waals surface area contributed by atoms with Crippen molar-refractivity contribution in [3.63, 3.8) is 0 Å². The van der Waals surface area contributed by atoms with Crippen LogP contribution in [0.1, 0.15) is 40.0 Å². The van der Waals surface area contributed by atoms with Gasteiger partial charge in [-0.15, -0.1) is 0 Å². The van der Waals surface area contributed by atoms with Gasteiger partial charge >= 0.3 is 0 Å². The van der Waals surface area contributed by atoms with E-state index < -0.39 is 0 Å². The summed E-state index contributed by atoms with van der Waals surface area (Å²) in [6, 6.07) is 0. The Bertz CT molecular complexity index is 164. The van der Waals surface area contributed by atoms with Crippen LogP contribution in [0.4, 0.5) is 0 Å². The van der Waals surface area contributed by atoms with Gasteiger partial charge in [0.1, 0.15) is 0 Å². The minimum atomic E-state index is 0.506.